The van der Waals surface area contributed by atoms with Gasteiger partial charge < -0.3 is 5.73 Å². The van der Waals surface area contributed by atoms with Gasteiger partial charge in [-0.15, -0.1) is 0 Å². The van der Waals surface area contributed by atoms with Gasteiger partial charge in [0.15, 0.2) is 0 Å². The fourth-order valence-corrected chi connectivity index (χ4v) is 2.96. The minimum atomic E-state index is -3.45. The van der Waals surface area contributed by atoms with Gasteiger partial charge >= 0.3 is 0 Å². The van der Waals surface area contributed by atoms with E-state index in [1.807, 2.05) is 0 Å². The van der Waals surface area contributed by atoms with Crippen LogP contribution < -0.4 is 10.5 Å². The molecule has 0 radical (unpaired) electrons. The van der Waals surface area contributed by atoms with Gasteiger partial charge in [0.05, 0.1) is 15.6 Å². The minimum absolute atomic E-state index is 0.0712. The maximum Gasteiger partial charge on any atom is 0.240 e. The van der Waals surface area contributed by atoms with Crippen molar-refractivity contribution in [3.05, 3.63) is 23.2 Å². The Balaban J connectivity index is 2.24. The molecule has 1 aliphatic rings. The summed E-state index contributed by atoms with van der Waals surface area (Å²) in [6, 6.07) is 4.40. The third-order valence-electron chi connectivity index (χ3n) is 2.70. The lowest BCUT2D eigenvalue weighted by Crippen LogP contribution is -2.39. The zero-order valence-electron chi connectivity index (χ0n) is 8.61. The molecular weight excluding hydrogens is 248 g/mol. The van der Waals surface area contributed by atoms with E-state index in [0.29, 0.717) is 5.02 Å². The van der Waals surface area contributed by atoms with Crippen LogP contribution in [0.4, 0.5) is 5.69 Å². The van der Waals surface area contributed by atoms with Crippen molar-refractivity contribution in [1.29, 1.82) is 0 Å². The first-order chi connectivity index (χ1) is 7.49. The zero-order chi connectivity index (χ0) is 11.8. The molecule has 0 saturated heterocycles. The van der Waals surface area contributed by atoms with E-state index >= 15 is 0 Å². The highest BCUT2D eigenvalue weighted by molar-refractivity contribution is 7.89. The zero-order valence-corrected chi connectivity index (χ0v) is 10.2. The summed E-state index contributed by atoms with van der Waals surface area (Å²) < 4.78 is 26.4. The number of halogens is 1. The van der Waals surface area contributed by atoms with Crippen molar-refractivity contribution < 1.29 is 8.42 Å². The van der Waals surface area contributed by atoms with E-state index in [-0.39, 0.29) is 16.6 Å². The first-order valence-corrected chi connectivity index (χ1v) is 6.92. The molecule has 4 nitrogen and oxygen atoms in total. The Morgan fingerprint density at radius 3 is 2.56 bits per heavy atom. The van der Waals surface area contributed by atoms with Crippen molar-refractivity contribution in [3.63, 3.8) is 0 Å². The average Bonchev–Trinajstić information content (AvgIpc) is 2.16. The molecule has 2 rings (SSSR count). The summed E-state index contributed by atoms with van der Waals surface area (Å²) in [7, 11) is -3.45. The fourth-order valence-electron chi connectivity index (χ4n) is 1.50. The quantitative estimate of drug-likeness (QED) is 0.814. The second-order valence-corrected chi connectivity index (χ2v) is 6.05. The lowest BCUT2D eigenvalue weighted by molar-refractivity contribution is 0.383. The second kappa shape index (κ2) is 4.24. The summed E-state index contributed by atoms with van der Waals surface area (Å²) in [4.78, 5) is 0.168. The number of hydrogen-bond donors (Lipinski definition) is 2. The molecule has 0 aromatic heterocycles. The minimum Gasteiger partial charge on any atom is -0.397 e. The molecule has 1 aliphatic carbocycles. The Kier molecular flexibility index (Phi) is 3.10. The van der Waals surface area contributed by atoms with Gasteiger partial charge in [-0.1, -0.05) is 18.0 Å². The highest BCUT2D eigenvalue weighted by Crippen LogP contribution is 2.24. The van der Waals surface area contributed by atoms with E-state index in [2.05, 4.69) is 4.72 Å². The van der Waals surface area contributed by atoms with Crippen molar-refractivity contribution >= 4 is 27.3 Å². The van der Waals surface area contributed by atoms with Crippen molar-refractivity contribution in [1.82, 2.24) is 4.72 Å². The molecule has 0 spiro atoms. The smallest absolute Gasteiger partial charge is 0.240 e. The maximum absolute atomic E-state index is 11.9. The molecule has 1 fully saturated rings. The van der Waals surface area contributed by atoms with E-state index < -0.39 is 10.0 Å². The first-order valence-electron chi connectivity index (χ1n) is 5.06. The van der Waals surface area contributed by atoms with Crippen LogP contribution in [-0.2, 0) is 10.0 Å². The molecule has 88 valence electrons. The highest BCUT2D eigenvalue weighted by Gasteiger charge is 2.24. The molecule has 0 bridgehead atoms. The molecule has 6 heteroatoms. The third kappa shape index (κ3) is 2.31. The SMILES string of the molecule is Nc1cc(S(=O)(=O)NC2CCC2)ccc1Cl. The average molecular weight is 261 g/mol. The normalized spacial score (nSPS) is 17.1. The van der Waals surface area contributed by atoms with Crippen molar-refractivity contribution in [2.24, 2.45) is 0 Å². The van der Waals surface area contributed by atoms with Gasteiger partial charge in [-0.05, 0) is 31.0 Å². The van der Waals surface area contributed by atoms with Crippen LogP contribution in [-0.4, -0.2) is 14.5 Å². The van der Waals surface area contributed by atoms with Crippen LogP contribution in [0.1, 0.15) is 19.3 Å². The van der Waals surface area contributed by atoms with Gasteiger partial charge in [0.1, 0.15) is 0 Å². The predicted octanol–water partition coefficient (Wildman–Crippen LogP) is 1.75. The molecule has 1 aromatic carbocycles. The third-order valence-corrected chi connectivity index (χ3v) is 4.57. The maximum atomic E-state index is 11.9. The molecule has 0 unspecified atom stereocenters. The molecule has 16 heavy (non-hydrogen) atoms. The molecule has 0 atom stereocenters. The van der Waals surface area contributed by atoms with Crippen LogP contribution in [0, 0.1) is 0 Å². The van der Waals surface area contributed by atoms with Gasteiger partial charge in [-0.3, -0.25) is 0 Å². The molecule has 0 aliphatic heterocycles. The van der Waals surface area contributed by atoms with E-state index in [0.717, 1.165) is 19.3 Å². The molecule has 3 N–H and O–H groups in total. The van der Waals surface area contributed by atoms with Gasteiger partial charge in [0, 0.05) is 6.04 Å². The van der Waals surface area contributed by atoms with Crippen LogP contribution in [0.15, 0.2) is 23.1 Å². The van der Waals surface area contributed by atoms with E-state index in [9.17, 15) is 8.42 Å². The Morgan fingerprint density at radius 1 is 1.38 bits per heavy atom. The second-order valence-electron chi connectivity index (χ2n) is 3.93. The standard InChI is InChI=1S/C10H13ClN2O2S/c11-9-5-4-8(6-10(9)12)16(14,15)13-7-2-1-3-7/h4-7,13H,1-3,12H2. The van der Waals surface area contributed by atoms with Crippen LogP contribution in [0.3, 0.4) is 0 Å². The monoisotopic (exact) mass is 260 g/mol. The Morgan fingerprint density at radius 2 is 2.06 bits per heavy atom. The molecule has 0 heterocycles. The molecule has 1 aromatic rings. The van der Waals surface area contributed by atoms with Crippen molar-refractivity contribution in [2.45, 2.75) is 30.2 Å². The molecule has 0 amide bonds. The predicted molar refractivity (Wildman–Crippen MR) is 63.8 cm³/mol. The highest BCUT2D eigenvalue weighted by atomic mass is 35.5. The van der Waals surface area contributed by atoms with Gasteiger partial charge in [-0.25, -0.2) is 13.1 Å². The lowest BCUT2D eigenvalue weighted by atomic mass is 9.94. The number of benzene rings is 1. The molecule has 1 saturated carbocycles. The van der Waals surface area contributed by atoms with Crippen molar-refractivity contribution in [3.8, 4) is 0 Å². The Bertz CT molecular complexity index is 498. The number of hydrogen-bond acceptors (Lipinski definition) is 3. The number of nitrogens with one attached hydrogen (secondary N) is 1. The molecular formula is C10H13ClN2O2S. The number of nitrogens with two attached hydrogens (primary N) is 1. The van der Waals surface area contributed by atoms with Gasteiger partial charge in [0.25, 0.3) is 0 Å². The first kappa shape index (κ1) is 11.7. The number of sulfonamides is 1. The number of nitrogen functional groups attached to an aromatic ring is 1. The number of rotatable bonds is 3. The van der Waals surface area contributed by atoms with E-state index in [1.165, 1.54) is 18.2 Å². The van der Waals surface area contributed by atoms with Crippen LogP contribution in [0.25, 0.3) is 0 Å². The largest absolute Gasteiger partial charge is 0.397 e. The van der Waals surface area contributed by atoms with E-state index in [4.69, 9.17) is 17.3 Å². The summed E-state index contributed by atoms with van der Waals surface area (Å²) in [5, 5.41) is 0.364. The topological polar surface area (TPSA) is 72.2 Å². The van der Waals surface area contributed by atoms with Gasteiger partial charge in [0.2, 0.25) is 10.0 Å². The van der Waals surface area contributed by atoms with Crippen molar-refractivity contribution in [2.75, 3.05) is 5.73 Å². The van der Waals surface area contributed by atoms with Crippen LogP contribution >= 0.6 is 11.6 Å². The summed E-state index contributed by atoms with van der Waals surface area (Å²) in [5.74, 6) is 0. The van der Waals surface area contributed by atoms with Gasteiger partial charge in [-0.2, -0.15) is 0 Å². The summed E-state index contributed by atoms with van der Waals surface area (Å²) in [5.41, 5.74) is 5.85. The summed E-state index contributed by atoms with van der Waals surface area (Å²) >= 11 is 5.73. The van der Waals surface area contributed by atoms with Crippen LogP contribution in [0.5, 0.6) is 0 Å². The number of anilines is 1. The Hall–Kier alpha value is -0.780. The summed E-state index contributed by atoms with van der Waals surface area (Å²) in [6.07, 6.45) is 2.89. The van der Waals surface area contributed by atoms with Crippen LogP contribution in [0.2, 0.25) is 5.02 Å². The Labute approximate surface area is 99.8 Å². The fraction of sp³-hybridized carbons (Fsp3) is 0.400. The summed E-state index contributed by atoms with van der Waals surface area (Å²) in [6.45, 7) is 0. The van der Waals surface area contributed by atoms with E-state index in [1.54, 1.807) is 0 Å². The lowest BCUT2D eigenvalue weighted by Gasteiger charge is -2.26.